The van der Waals surface area contributed by atoms with E-state index in [2.05, 4.69) is 28.1 Å². The Hall–Kier alpha value is -1.12. The summed E-state index contributed by atoms with van der Waals surface area (Å²) in [6.07, 6.45) is 0. The molecule has 0 saturated heterocycles. The Balaban J connectivity index is 2.40. The van der Waals surface area contributed by atoms with E-state index in [1.54, 1.807) is 0 Å². The van der Waals surface area contributed by atoms with Crippen LogP contribution in [0, 0.1) is 0 Å². The van der Waals surface area contributed by atoms with Crippen molar-refractivity contribution in [1.29, 1.82) is 0 Å². The maximum Gasteiger partial charge on any atom is 0.0682 e. The van der Waals surface area contributed by atoms with Crippen LogP contribution in [0.5, 0.6) is 0 Å². The van der Waals surface area contributed by atoms with Crippen molar-refractivity contribution in [2.75, 3.05) is 0 Å². The first-order valence-electron chi connectivity index (χ1n) is 4.75. The van der Waals surface area contributed by atoms with Crippen molar-refractivity contribution in [3.8, 4) is 11.1 Å². The lowest BCUT2D eigenvalue weighted by molar-refractivity contribution is 0.282. The first-order valence-corrected chi connectivity index (χ1v) is 5.54. The molecule has 0 heterocycles. The van der Waals surface area contributed by atoms with Gasteiger partial charge in [0.05, 0.1) is 6.61 Å². The summed E-state index contributed by atoms with van der Waals surface area (Å²) < 4.78 is 1.07. The second-order valence-corrected chi connectivity index (χ2v) is 4.28. The highest BCUT2D eigenvalue weighted by molar-refractivity contribution is 9.10. The van der Waals surface area contributed by atoms with Crippen molar-refractivity contribution in [3.05, 3.63) is 58.6 Å². The third-order valence-corrected chi connectivity index (χ3v) is 2.82. The molecule has 0 aliphatic heterocycles. The monoisotopic (exact) mass is 262 g/mol. The molecule has 15 heavy (non-hydrogen) atoms. The number of benzene rings is 2. The number of hydrogen-bond acceptors (Lipinski definition) is 1. The van der Waals surface area contributed by atoms with Crippen LogP contribution in [0.15, 0.2) is 53.0 Å². The lowest BCUT2D eigenvalue weighted by atomic mass is 10.0. The van der Waals surface area contributed by atoms with E-state index < -0.39 is 0 Å². The normalized spacial score (nSPS) is 10.3. The topological polar surface area (TPSA) is 20.2 Å². The van der Waals surface area contributed by atoms with Crippen LogP contribution in [-0.2, 0) is 6.61 Å². The summed E-state index contributed by atoms with van der Waals surface area (Å²) in [4.78, 5) is 0. The smallest absolute Gasteiger partial charge is 0.0682 e. The molecule has 2 rings (SSSR count). The Labute approximate surface area is 97.5 Å². The van der Waals surface area contributed by atoms with Crippen molar-refractivity contribution in [2.24, 2.45) is 0 Å². The van der Waals surface area contributed by atoms with E-state index in [-0.39, 0.29) is 6.61 Å². The highest BCUT2D eigenvalue weighted by atomic mass is 79.9. The largest absolute Gasteiger partial charge is 0.392 e. The minimum Gasteiger partial charge on any atom is -0.392 e. The summed E-state index contributed by atoms with van der Waals surface area (Å²) in [6.45, 7) is 0.0877. The maximum absolute atomic E-state index is 9.05. The van der Waals surface area contributed by atoms with Crippen LogP contribution in [-0.4, -0.2) is 5.11 Å². The summed E-state index contributed by atoms with van der Waals surface area (Å²) in [5, 5.41) is 9.05. The molecule has 0 bridgehead atoms. The molecule has 0 aliphatic rings. The molecule has 0 fully saturated rings. The Kier molecular flexibility index (Phi) is 3.19. The maximum atomic E-state index is 9.05. The molecule has 76 valence electrons. The summed E-state index contributed by atoms with van der Waals surface area (Å²) in [5.74, 6) is 0. The standard InChI is InChI=1S/C13H11BrO/c14-13-6-4-11(5-7-13)12-3-1-2-10(8-12)9-15/h1-8,15H,9H2. The SMILES string of the molecule is OCc1cccc(-c2ccc(Br)cc2)c1. The van der Waals surface area contributed by atoms with Gasteiger partial charge in [-0.15, -0.1) is 0 Å². The molecule has 0 spiro atoms. The van der Waals surface area contributed by atoms with Crippen molar-refractivity contribution in [1.82, 2.24) is 0 Å². The van der Waals surface area contributed by atoms with E-state index in [4.69, 9.17) is 5.11 Å². The lowest BCUT2D eigenvalue weighted by Gasteiger charge is -2.03. The fraction of sp³-hybridized carbons (Fsp3) is 0.0769. The van der Waals surface area contributed by atoms with Gasteiger partial charge in [0.2, 0.25) is 0 Å². The summed E-state index contributed by atoms with van der Waals surface area (Å²) in [6, 6.07) is 16.1. The van der Waals surface area contributed by atoms with Crippen LogP contribution < -0.4 is 0 Å². The Morgan fingerprint density at radius 3 is 2.33 bits per heavy atom. The molecule has 1 N–H and O–H groups in total. The molecule has 2 heteroatoms. The zero-order valence-electron chi connectivity index (χ0n) is 8.15. The van der Waals surface area contributed by atoms with Gasteiger partial charge >= 0.3 is 0 Å². The van der Waals surface area contributed by atoms with E-state index >= 15 is 0 Å². The zero-order chi connectivity index (χ0) is 10.7. The van der Waals surface area contributed by atoms with Gasteiger partial charge in [-0.25, -0.2) is 0 Å². The van der Waals surface area contributed by atoms with E-state index in [1.807, 2.05) is 36.4 Å². The molecule has 0 atom stereocenters. The third kappa shape index (κ3) is 2.46. The average Bonchev–Trinajstić information content (AvgIpc) is 2.30. The molecule has 1 nitrogen and oxygen atoms in total. The van der Waals surface area contributed by atoms with Crippen LogP contribution in [0.3, 0.4) is 0 Å². The molecule has 2 aromatic rings. The van der Waals surface area contributed by atoms with Gasteiger partial charge in [0.1, 0.15) is 0 Å². The minimum atomic E-state index is 0.0877. The van der Waals surface area contributed by atoms with Crippen LogP contribution >= 0.6 is 15.9 Å². The zero-order valence-corrected chi connectivity index (χ0v) is 9.74. The van der Waals surface area contributed by atoms with E-state index in [9.17, 15) is 0 Å². The fourth-order valence-electron chi connectivity index (χ4n) is 1.49. The van der Waals surface area contributed by atoms with Gasteiger partial charge in [0, 0.05) is 4.47 Å². The van der Waals surface area contributed by atoms with Gasteiger partial charge in [0.15, 0.2) is 0 Å². The number of aliphatic hydroxyl groups is 1. The Bertz CT molecular complexity index is 448. The molecule has 0 aromatic heterocycles. The van der Waals surface area contributed by atoms with E-state index in [0.717, 1.165) is 21.2 Å². The van der Waals surface area contributed by atoms with Gasteiger partial charge in [-0.1, -0.05) is 46.3 Å². The predicted octanol–water partition coefficient (Wildman–Crippen LogP) is 3.61. The Morgan fingerprint density at radius 1 is 0.933 bits per heavy atom. The first kappa shape index (κ1) is 10.4. The molecule has 0 amide bonds. The molecular formula is C13H11BrO. The predicted molar refractivity (Wildman–Crippen MR) is 65.5 cm³/mol. The van der Waals surface area contributed by atoms with E-state index in [0.29, 0.717) is 0 Å². The second-order valence-electron chi connectivity index (χ2n) is 3.37. The summed E-state index contributed by atoms with van der Waals surface area (Å²) in [7, 11) is 0. The Morgan fingerprint density at radius 2 is 1.67 bits per heavy atom. The van der Waals surface area contributed by atoms with Crippen molar-refractivity contribution < 1.29 is 5.11 Å². The van der Waals surface area contributed by atoms with Gasteiger partial charge in [-0.05, 0) is 34.9 Å². The van der Waals surface area contributed by atoms with Crippen LogP contribution in [0.1, 0.15) is 5.56 Å². The number of aliphatic hydroxyl groups excluding tert-OH is 1. The quantitative estimate of drug-likeness (QED) is 0.877. The highest BCUT2D eigenvalue weighted by Gasteiger charge is 1.98. The second kappa shape index (κ2) is 4.60. The molecule has 0 aliphatic carbocycles. The average molecular weight is 263 g/mol. The van der Waals surface area contributed by atoms with Crippen LogP contribution in [0.4, 0.5) is 0 Å². The van der Waals surface area contributed by atoms with Crippen molar-refractivity contribution >= 4 is 15.9 Å². The number of hydrogen-bond donors (Lipinski definition) is 1. The van der Waals surface area contributed by atoms with Crippen molar-refractivity contribution in [3.63, 3.8) is 0 Å². The molecular weight excluding hydrogens is 252 g/mol. The van der Waals surface area contributed by atoms with Gasteiger partial charge in [-0.3, -0.25) is 0 Å². The van der Waals surface area contributed by atoms with Gasteiger partial charge < -0.3 is 5.11 Å². The van der Waals surface area contributed by atoms with Crippen molar-refractivity contribution in [2.45, 2.75) is 6.61 Å². The van der Waals surface area contributed by atoms with Crippen LogP contribution in [0.25, 0.3) is 11.1 Å². The summed E-state index contributed by atoms with van der Waals surface area (Å²) in [5.41, 5.74) is 3.23. The number of halogens is 1. The third-order valence-electron chi connectivity index (χ3n) is 2.29. The first-order chi connectivity index (χ1) is 7.29. The minimum absolute atomic E-state index is 0.0877. The molecule has 0 radical (unpaired) electrons. The van der Waals surface area contributed by atoms with Gasteiger partial charge in [0.25, 0.3) is 0 Å². The number of rotatable bonds is 2. The molecule has 0 unspecified atom stereocenters. The van der Waals surface area contributed by atoms with E-state index in [1.165, 1.54) is 0 Å². The molecule has 2 aromatic carbocycles. The summed E-state index contributed by atoms with van der Waals surface area (Å²) >= 11 is 3.41. The fourth-order valence-corrected chi connectivity index (χ4v) is 1.76. The van der Waals surface area contributed by atoms with Gasteiger partial charge in [-0.2, -0.15) is 0 Å². The molecule has 0 saturated carbocycles. The van der Waals surface area contributed by atoms with Crippen LogP contribution in [0.2, 0.25) is 0 Å². The lowest BCUT2D eigenvalue weighted by Crippen LogP contribution is -1.84. The highest BCUT2D eigenvalue weighted by Crippen LogP contribution is 2.22.